The summed E-state index contributed by atoms with van der Waals surface area (Å²) < 4.78 is 1.88. The van der Waals surface area contributed by atoms with Crippen LogP contribution in [0.5, 0.6) is 0 Å². The highest BCUT2D eigenvalue weighted by atomic mass is 16.4. The molecule has 0 atom stereocenters. The van der Waals surface area contributed by atoms with Crippen molar-refractivity contribution in [2.75, 3.05) is 0 Å². The van der Waals surface area contributed by atoms with Crippen molar-refractivity contribution < 1.29 is 14.7 Å². The van der Waals surface area contributed by atoms with Gasteiger partial charge in [-0.1, -0.05) is 18.2 Å². The summed E-state index contributed by atoms with van der Waals surface area (Å²) in [5, 5.41) is 8.48. The third kappa shape index (κ3) is 3.91. The smallest absolute Gasteiger partial charge is 0.303 e. The summed E-state index contributed by atoms with van der Waals surface area (Å²) >= 11 is 0. The molecule has 0 radical (unpaired) electrons. The fraction of sp³-hybridized carbons (Fsp3) is 0.133. The largest absolute Gasteiger partial charge is 0.481 e. The van der Waals surface area contributed by atoms with E-state index in [-0.39, 0.29) is 18.6 Å². The molecule has 5 heteroatoms. The molecule has 0 saturated heterocycles. The predicted molar refractivity (Wildman–Crippen MR) is 74.5 cm³/mol. The van der Waals surface area contributed by atoms with Gasteiger partial charge in [0.05, 0.1) is 12.7 Å². The lowest BCUT2D eigenvalue weighted by atomic mass is 10.1. The van der Waals surface area contributed by atoms with E-state index in [1.54, 1.807) is 18.6 Å². The molecule has 1 N–H and O–H groups in total. The monoisotopic (exact) mass is 270 g/mol. The van der Waals surface area contributed by atoms with Crippen LogP contribution in [0, 0.1) is 0 Å². The molecule has 0 bridgehead atoms. The van der Waals surface area contributed by atoms with E-state index in [0.717, 1.165) is 11.3 Å². The standard InChI is InChI=1S/C15H14N2O3/c18-14(7-8-15(19)20)6-3-12-1-4-13(5-2-12)17-10-9-16-11-17/h1-6,9-11H,7-8H2,(H,19,20)/b6-3+. The number of carboxylic acids is 1. The molecule has 0 aliphatic heterocycles. The van der Waals surface area contributed by atoms with Crippen LogP contribution in [0.2, 0.25) is 0 Å². The molecule has 102 valence electrons. The van der Waals surface area contributed by atoms with Gasteiger partial charge in [-0.3, -0.25) is 9.59 Å². The maximum atomic E-state index is 11.4. The van der Waals surface area contributed by atoms with Gasteiger partial charge in [-0.05, 0) is 23.8 Å². The third-order valence-corrected chi connectivity index (χ3v) is 2.74. The van der Waals surface area contributed by atoms with Crippen molar-refractivity contribution in [3.05, 3.63) is 54.6 Å². The van der Waals surface area contributed by atoms with Gasteiger partial charge in [0.15, 0.2) is 5.78 Å². The average Bonchev–Trinajstić information content (AvgIpc) is 2.97. The van der Waals surface area contributed by atoms with E-state index in [1.807, 2.05) is 35.0 Å². The Hall–Kier alpha value is -2.69. The molecule has 1 aromatic heterocycles. The zero-order chi connectivity index (χ0) is 14.4. The number of aromatic nitrogens is 2. The van der Waals surface area contributed by atoms with E-state index < -0.39 is 5.97 Å². The van der Waals surface area contributed by atoms with Gasteiger partial charge in [0.25, 0.3) is 0 Å². The number of hydrogen-bond acceptors (Lipinski definition) is 3. The van der Waals surface area contributed by atoms with Crippen LogP contribution in [0.3, 0.4) is 0 Å². The van der Waals surface area contributed by atoms with Crippen molar-refractivity contribution >= 4 is 17.8 Å². The van der Waals surface area contributed by atoms with Crippen LogP contribution in [0.1, 0.15) is 18.4 Å². The quantitative estimate of drug-likeness (QED) is 0.818. The highest BCUT2D eigenvalue weighted by Crippen LogP contribution is 2.10. The number of carboxylic acid groups (broad SMARTS) is 1. The highest BCUT2D eigenvalue weighted by molar-refractivity contribution is 5.95. The van der Waals surface area contributed by atoms with Crippen molar-refractivity contribution in [1.82, 2.24) is 9.55 Å². The fourth-order valence-electron chi connectivity index (χ4n) is 1.67. The minimum absolute atomic E-state index is 0.0267. The molecule has 0 fully saturated rings. The van der Waals surface area contributed by atoms with Gasteiger partial charge in [0.2, 0.25) is 0 Å². The number of hydrogen-bond donors (Lipinski definition) is 1. The number of allylic oxidation sites excluding steroid dienone is 1. The van der Waals surface area contributed by atoms with Crippen LogP contribution in [-0.4, -0.2) is 26.4 Å². The molecule has 2 aromatic rings. The summed E-state index contributed by atoms with van der Waals surface area (Å²) in [6.45, 7) is 0. The second-order valence-electron chi connectivity index (χ2n) is 4.25. The third-order valence-electron chi connectivity index (χ3n) is 2.74. The second-order valence-corrected chi connectivity index (χ2v) is 4.25. The van der Waals surface area contributed by atoms with Crippen LogP contribution < -0.4 is 0 Å². The Balaban J connectivity index is 1.97. The van der Waals surface area contributed by atoms with Crippen LogP contribution in [0.25, 0.3) is 11.8 Å². The lowest BCUT2D eigenvalue weighted by molar-refractivity contribution is -0.138. The normalized spacial score (nSPS) is 10.8. The van der Waals surface area contributed by atoms with Gasteiger partial charge in [-0.2, -0.15) is 0 Å². The van der Waals surface area contributed by atoms with Crippen molar-refractivity contribution in [2.45, 2.75) is 12.8 Å². The summed E-state index contributed by atoms with van der Waals surface area (Å²) in [5.41, 5.74) is 1.87. The summed E-state index contributed by atoms with van der Waals surface area (Å²) in [5.74, 6) is -1.15. The molecule has 0 saturated carbocycles. The first-order chi connectivity index (χ1) is 9.65. The van der Waals surface area contributed by atoms with Gasteiger partial charge >= 0.3 is 5.97 Å². The Bertz CT molecular complexity index is 613. The molecule has 0 amide bonds. The molecular weight excluding hydrogens is 256 g/mol. The number of carbonyl (C=O) groups excluding carboxylic acids is 1. The van der Waals surface area contributed by atoms with E-state index in [1.165, 1.54) is 6.08 Å². The molecule has 0 aliphatic rings. The summed E-state index contributed by atoms with van der Waals surface area (Å²) in [6, 6.07) is 7.61. The van der Waals surface area contributed by atoms with Crippen LogP contribution in [-0.2, 0) is 9.59 Å². The number of imidazole rings is 1. The number of ketones is 1. The van der Waals surface area contributed by atoms with Gasteiger partial charge in [0, 0.05) is 24.5 Å². The van der Waals surface area contributed by atoms with Crippen LogP contribution >= 0.6 is 0 Å². The van der Waals surface area contributed by atoms with Crippen molar-refractivity contribution in [3.63, 3.8) is 0 Å². The number of carbonyl (C=O) groups is 2. The minimum atomic E-state index is -0.962. The van der Waals surface area contributed by atoms with Gasteiger partial charge in [0.1, 0.15) is 0 Å². The molecule has 2 rings (SSSR count). The molecule has 5 nitrogen and oxygen atoms in total. The van der Waals surface area contributed by atoms with Crippen LogP contribution in [0.15, 0.2) is 49.1 Å². The van der Waals surface area contributed by atoms with Gasteiger partial charge in [-0.15, -0.1) is 0 Å². The highest BCUT2D eigenvalue weighted by Gasteiger charge is 2.01. The zero-order valence-corrected chi connectivity index (χ0v) is 10.8. The van der Waals surface area contributed by atoms with E-state index in [4.69, 9.17) is 5.11 Å². The maximum absolute atomic E-state index is 11.4. The molecule has 0 spiro atoms. The van der Waals surface area contributed by atoms with Crippen molar-refractivity contribution in [2.24, 2.45) is 0 Å². The Morgan fingerprint density at radius 1 is 1.20 bits per heavy atom. The first-order valence-corrected chi connectivity index (χ1v) is 6.16. The van der Waals surface area contributed by atoms with Crippen molar-refractivity contribution in [1.29, 1.82) is 0 Å². The summed E-state index contributed by atoms with van der Waals surface area (Å²) in [7, 11) is 0. The van der Waals surface area contributed by atoms with Crippen LogP contribution in [0.4, 0.5) is 0 Å². The van der Waals surface area contributed by atoms with E-state index >= 15 is 0 Å². The topological polar surface area (TPSA) is 72.2 Å². The molecule has 1 heterocycles. The number of rotatable bonds is 6. The summed E-state index contributed by atoms with van der Waals surface area (Å²) in [4.78, 5) is 25.7. The SMILES string of the molecule is O=C(O)CCC(=O)/C=C/c1ccc(-n2ccnc2)cc1. The lowest BCUT2D eigenvalue weighted by Crippen LogP contribution is -2.00. The molecule has 0 aliphatic carbocycles. The van der Waals surface area contributed by atoms with E-state index in [2.05, 4.69) is 4.98 Å². The average molecular weight is 270 g/mol. The van der Waals surface area contributed by atoms with Crippen molar-refractivity contribution in [3.8, 4) is 5.69 Å². The number of nitrogens with zero attached hydrogens (tertiary/aromatic N) is 2. The first-order valence-electron chi connectivity index (χ1n) is 6.16. The van der Waals surface area contributed by atoms with Gasteiger partial charge < -0.3 is 9.67 Å². The van der Waals surface area contributed by atoms with E-state index in [0.29, 0.717) is 0 Å². The fourth-order valence-corrected chi connectivity index (χ4v) is 1.67. The number of benzene rings is 1. The van der Waals surface area contributed by atoms with Gasteiger partial charge in [-0.25, -0.2) is 4.98 Å². The Kier molecular flexibility index (Phi) is 4.44. The maximum Gasteiger partial charge on any atom is 0.303 e. The second kappa shape index (κ2) is 6.47. The Morgan fingerprint density at radius 3 is 2.55 bits per heavy atom. The first kappa shape index (κ1) is 13.7. The zero-order valence-electron chi connectivity index (χ0n) is 10.8. The molecular formula is C15H14N2O3. The Labute approximate surface area is 116 Å². The Morgan fingerprint density at radius 2 is 1.95 bits per heavy atom. The summed E-state index contributed by atoms with van der Waals surface area (Å²) in [6.07, 6.45) is 8.24. The minimum Gasteiger partial charge on any atom is -0.481 e. The molecule has 20 heavy (non-hydrogen) atoms. The predicted octanol–water partition coefficient (Wildman–Crippen LogP) is 2.32. The molecule has 1 aromatic carbocycles. The molecule has 0 unspecified atom stereocenters. The number of aliphatic carboxylic acids is 1. The lowest BCUT2D eigenvalue weighted by Gasteiger charge is -2.01. The van der Waals surface area contributed by atoms with E-state index in [9.17, 15) is 9.59 Å².